The van der Waals surface area contributed by atoms with Gasteiger partial charge in [-0.3, -0.25) is 4.79 Å². The zero-order valence-electron chi connectivity index (χ0n) is 15.7. The van der Waals surface area contributed by atoms with Gasteiger partial charge in [-0.05, 0) is 53.8 Å². The van der Waals surface area contributed by atoms with Crippen molar-refractivity contribution in [1.82, 2.24) is 4.72 Å². The Kier molecular flexibility index (Phi) is 6.21. The van der Waals surface area contributed by atoms with Gasteiger partial charge in [0.1, 0.15) is 0 Å². The number of amides is 1. The van der Waals surface area contributed by atoms with Crippen molar-refractivity contribution in [3.8, 4) is 0 Å². The van der Waals surface area contributed by atoms with E-state index in [-0.39, 0.29) is 16.2 Å². The molecule has 0 aliphatic heterocycles. The summed E-state index contributed by atoms with van der Waals surface area (Å²) in [6.45, 7) is 8.65. The summed E-state index contributed by atoms with van der Waals surface area (Å²) in [5.74, 6) is -0.231. The molecule has 1 amide bonds. The molecule has 140 valence electrons. The topological polar surface area (TPSA) is 75.3 Å². The molecule has 2 N–H and O–H groups in total. The lowest BCUT2D eigenvalue weighted by Gasteiger charge is -2.19. The van der Waals surface area contributed by atoms with Crippen LogP contribution in [0, 0.1) is 0 Å². The highest BCUT2D eigenvalue weighted by Crippen LogP contribution is 2.22. The van der Waals surface area contributed by atoms with Gasteiger partial charge >= 0.3 is 0 Å². The average molecular weight is 375 g/mol. The second-order valence-corrected chi connectivity index (χ2v) is 8.97. The smallest absolute Gasteiger partial charge is 0.255 e. The molecule has 0 heterocycles. The van der Waals surface area contributed by atoms with Gasteiger partial charge in [-0.25, -0.2) is 13.1 Å². The zero-order chi connectivity index (χ0) is 19.4. The highest BCUT2D eigenvalue weighted by Gasteiger charge is 2.15. The molecule has 0 aliphatic carbocycles. The van der Waals surface area contributed by atoms with Crippen molar-refractivity contribution in [2.75, 3.05) is 11.9 Å². The van der Waals surface area contributed by atoms with E-state index in [1.165, 1.54) is 12.1 Å². The van der Waals surface area contributed by atoms with Gasteiger partial charge in [-0.1, -0.05) is 39.8 Å². The molecule has 0 aromatic heterocycles. The van der Waals surface area contributed by atoms with Crippen LogP contribution in [0.4, 0.5) is 5.69 Å². The highest BCUT2D eigenvalue weighted by atomic mass is 32.2. The lowest BCUT2D eigenvalue weighted by molar-refractivity contribution is 0.102. The van der Waals surface area contributed by atoms with E-state index in [2.05, 4.69) is 30.8 Å². The van der Waals surface area contributed by atoms with Gasteiger partial charge in [-0.2, -0.15) is 0 Å². The van der Waals surface area contributed by atoms with Crippen LogP contribution < -0.4 is 10.0 Å². The van der Waals surface area contributed by atoms with E-state index >= 15 is 0 Å². The maximum atomic E-state index is 12.4. The van der Waals surface area contributed by atoms with E-state index in [0.29, 0.717) is 17.8 Å². The van der Waals surface area contributed by atoms with Crippen molar-refractivity contribution in [2.45, 2.75) is 44.4 Å². The summed E-state index contributed by atoms with van der Waals surface area (Å²) in [6, 6.07) is 13.6. The highest BCUT2D eigenvalue weighted by molar-refractivity contribution is 7.89. The summed E-state index contributed by atoms with van der Waals surface area (Å²) in [5, 5.41) is 2.78. The summed E-state index contributed by atoms with van der Waals surface area (Å²) in [5.41, 5.74) is 2.29. The third-order valence-electron chi connectivity index (χ3n) is 3.98. The van der Waals surface area contributed by atoms with Crippen LogP contribution in [-0.2, 0) is 15.4 Å². The average Bonchev–Trinajstić information content (AvgIpc) is 2.60. The number of carbonyl (C=O) groups excluding carboxylic acids is 1. The van der Waals surface area contributed by atoms with Gasteiger partial charge in [0.05, 0.1) is 4.90 Å². The standard InChI is InChI=1S/C20H26N2O3S/c1-5-14-21-26(24,25)18-12-10-17(11-13-18)22-19(23)15-6-8-16(9-7-15)20(2,3)4/h6-13,21H,5,14H2,1-4H3,(H,22,23). The molecule has 0 saturated heterocycles. The zero-order valence-corrected chi connectivity index (χ0v) is 16.5. The van der Waals surface area contributed by atoms with Gasteiger partial charge in [-0.15, -0.1) is 0 Å². The number of anilines is 1. The van der Waals surface area contributed by atoms with Crippen LogP contribution in [0.2, 0.25) is 0 Å². The SMILES string of the molecule is CCCNS(=O)(=O)c1ccc(NC(=O)c2ccc(C(C)(C)C)cc2)cc1. The van der Waals surface area contributed by atoms with E-state index in [9.17, 15) is 13.2 Å². The van der Waals surface area contributed by atoms with Gasteiger partial charge in [0.2, 0.25) is 10.0 Å². The molecule has 0 bridgehead atoms. The normalized spacial score (nSPS) is 12.0. The van der Waals surface area contributed by atoms with E-state index in [0.717, 1.165) is 12.0 Å². The Bertz CT molecular complexity index is 849. The molecular weight excluding hydrogens is 348 g/mol. The minimum atomic E-state index is -3.50. The van der Waals surface area contributed by atoms with Crippen molar-refractivity contribution in [3.63, 3.8) is 0 Å². The number of sulfonamides is 1. The van der Waals surface area contributed by atoms with Crippen LogP contribution in [0.25, 0.3) is 0 Å². The van der Waals surface area contributed by atoms with Gasteiger partial charge in [0.15, 0.2) is 0 Å². The summed E-state index contributed by atoms with van der Waals surface area (Å²) >= 11 is 0. The van der Waals surface area contributed by atoms with Crippen LogP contribution in [0.3, 0.4) is 0 Å². The summed E-state index contributed by atoms with van der Waals surface area (Å²) in [7, 11) is -3.50. The molecule has 0 spiro atoms. The molecule has 2 rings (SSSR count). The first-order valence-corrected chi connectivity index (χ1v) is 10.1. The van der Waals surface area contributed by atoms with Crippen LogP contribution in [0.15, 0.2) is 53.4 Å². The van der Waals surface area contributed by atoms with Gasteiger partial charge < -0.3 is 5.32 Å². The molecule has 0 aliphatic rings. The number of nitrogens with one attached hydrogen (secondary N) is 2. The van der Waals surface area contributed by atoms with E-state index < -0.39 is 10.0 Å². The van der Waals surface area contributed by atoms with Crippen molar-refractivity contribution >= 4 is 21.6 Å². The van der Waals surface area contributed by atoms with E-state index in [1.807, 2.05) is 19.1 Å². The van der Waals surface area contributed by atoms with Crippen LogP contribution in [-0.4, -0.2) is 20.9 Å². The molecule has 0 saturated carbocycles. The first-order valence-electron chi connectivity index (χ1n) is 8.65. The molecule has 2 aromatic rings. The summed E-state index contributed by atoms with van der Waals surface area (Å²) in [6.07, 6.45) is 0.724. The molecule has 2 aromatic carbocycles. The molecule has 0 radical (unpaired) electrons. The Morgan fingerprint density at radius 3 is 2.04 bits per heavy atom. The Balaban J connectivity index is 2.08. The molecule has 5 nitrogen and oxygen atoms in total. The third kappa shape index (κ3) is 5.16. The van der Waals surface area contributed by atoms with Crippen molar-refractivity contribution < 1.29 is 13.2 Å². The number of hydrogen-bond donors (Lipinski definition) is 2. The van der Waals surface area contributed by atoms with Crippen LogP contribution in [0.1, 0.15) is 50.0 Å². The van der Waals surface area contributed by atoms with Gasteiger partial charge in [0, 0.05) is 17.8 Å². The van der Waals surface area contributed by atoms with E-state index in [1.54, 1.807) is 24.3 Å². The second kappa shape index (κ2) is 8.01. The van der Waals surface area contributed by atoms with Crippen molar-refractivity contribution in [3.05, 3.63) is 59.7 Å². The second-order valence-electron chi connectivity index (χ2n) is 7.20. The lowest BCUT2D eigenvalue weighted by Crippen LogP contribution is -2.24. The Labute approximate surface area is 155 Å². The maximum absolute atomic E-state index is 12.4. The molecule has 6 heteroatoms. The molecule has 0 atom stereocenters. The Morgan fingerprint density at radius 2 is 1.54 bits per heavy atom. The minimum Gasteiger partial charge on any atom is -0.322 e. The summed E-state index contributed by atoms with van der Waals surface area (Å²) in [4.78, 5) is 12.5. The first kappa shape index (κ1) is 20.1. The molecular formula is C20H26N2O3S. The first-order chi connectivity index (χ1) is 12.1. The molecule has 26 heavy (non-hydrogen) atoms. The Morgan fingerprint density at radius 1 is 0.962 bits per heavy atom. The predicted molar refractivity (Wildman–Crippen MR) is 105 cm³/mol. The lowest BCUT2D eigenvalue weighted by atomic mass is 9.87. The van der Waals surface area contributed by atoms with Crippen molar-refractivity contribution in [2.24, 2.45) is 0 Å². The number of benzene rings is 2. The van der Waals surface area contributed by atoms with Gasteiger partial charge in [0.25, 0.3) is 5.91 Å². The number of carbonyl (C=O) groups is 1. The van der Waals surface area contributed by atoms with Crippen molar-refractivity contribution in [1.29, 1.82) is 0 Å². The third-order valence-corrected chi connectivity index (χ3v) is 5.45. The molecule has 0 unspecified atom stereocenters. The fraction of sp³-hybridized carbons (Fsp3) is 0.350. The predicted octanol–water partition coefficient (Wildman–Crippen LogP) is 3.92. The fourth-order valence-corrected chi connectivity index (χ4v) is 3.50. The summed E-state index contributed by atoms with van der Waals surface area (Å²) < 4.78 is 26.6. The quantitative estimate of drug-likeness (QED) is 0.804. The largest absolute Gasteiger partial charge is 0.322 e. The minimum absolute atomic E-state index is 0.0299. The van der Waals surface area contributed by atoms with E-state index in [4.69, 9.17) is 0 Å². The van der Waals surface area contributed by atoms with Crippen LogP contribution in [0.5, 0.6) is 0 Å². The fourth-order valence-electron chi connectivity index (χ4n) is 2.36. The Hall–Kier alpha value is -2.18. The molecule has 0 fully saturated rings. The monoisotopic (exact) mass is 374 g/mol. The maximum Gasteiger partial charge on any atom is 0.255 e. The number of hydrogen-bond acceptors (Lipinski definition) is 3. The number of rotatable bonds is 6. The van der Waals surface area contributed by atoms with Crippen LogP contribution >= 0.6 is 0 Å².